The van der Waals surface area contributed by atoms with E-state index in [9.17, 15) is 4.55 Å². The Morgan fingerprint density at radius 3 is 2.48 bits per heavy atom. The number of hydrogen-bond donors (Lipinski definition) is 0. The van der Waals surface area contributed by atoms with Gasteiger partial charge in [0.1, 0.15) is 10.4 Å². The second-order valence-electron chi connectivity index (χ2n) is 6.33. The first-order chi connectivity index (χ1) is 10.6. The van der Waals surface area contributed by atoms with Crippen LogP contribution < -0.4 is 4.74 Å². The Morgan fingerprint density at radius 1 is 1.26 bits per heavy atom. The molecule has 0 aliphatic rings. The zero-order valence-electron chi connectivity index (χ0n) is 14.3. The van der Waals surface area contributed by atoms with Gasteiger partial charge in [0.2, 0.25) is 5.88 Å². The van der Waals surface area contributed by atoms with Crippen molar-refractivity contribution < 1.29 is 9.29 Å². The molecule has 0 saturated heterocycles. The number of rotatable bonds is 4. The van der Waals surface area contributed by atoms with Gasteiger partial charge in [0.15, 0.2) is 0 Å². The highest BCUT2D eigenvalue weighted by Gasteiger charge is 2.35. The van der Waals surface area contributed by atoms with E-state index in [2.05, 4.69) is 9.97 Å². The molecule has 0 radical (unpaired) electrons. The fourth-order valence-electron chi connectivity index (χ4n) is 2.20. The number of aromatic nitrogens is 2. The predicted molar refractivity (Wildman–Crippen MR) is 95.2 cm³/mol. The Bertz CT molecular complexity index is 706. The molecule has 2 atom stereocenters. The number of fused-ring (bicyclic) bond motifs is 1. The molecule has 1 aromatic carbocycles. The lowest BCUT2D eigenvalue weighted by Crippen LogP contribution is -2.42. The van der Waals surface area contributed by atoms with Crippen LogP contribution >= 0.6 is 11.6 Å². The van der Waals surface area contributed by atoms with Crippen molar-refractivity contribution in [3.63, 3.8) is 0 Å². The maximum absolute atomic E-state index is 12.6. The highest BCUT2D eigenvalue weighted by molar-refractivity contribution is 7.90. The van der Waals surface area contributed by atoms with E-state index in [0.717, 1.165) is 0 Å². The topological polar surface area (TPSA) is 61.3 Å². The lowest BCUT2D eigenvalue weighted by atomic mass is 10.2. The van der Waals surface area contributed by atoms with E-state index < -0.39 is 11.4 Å². The molecule has 1 heterocycles. The van der Waals surface area contributed by atoms with Crippen LogP contribution in [0.4, 0.5) is 0 Å². The monoisotopic (exact) mass is 355 g/mol. The Balaban J connectivity index is 2.48. The molecular weight excluding hydrogens is 334 g/mol. The molecule has 0 saturated carbocycles. The minimum Gasteiger partial charge on any atom is -0.597 e. The van der Waals surface area contributed by atoms with Gasteiger partial charge in [-0.25, -0.2) is 9.97 Å². The summed E-state index contributed by atoms with van der Waals surface area (Å²) in [6.45, 7) is 7.76. The van der Waals surface area contributed by atoms with Gasteiger partial charge in [-0.2, -0.15) is 0 Å². The molecule has 2 rings (SSSR count). The zero-order chi connectivity index (χ0) is 17.4. The normalized spacial score (nSPS) is 15.0. The molecular formula is C16H22ClN3O2S. The van der Waals surface area contributed by atoms with E-state index in [1.807, 2.05) is 34.7 Å². The molecule has 0 aliphatic heterocycles. The van der Waals surface area contributed by atoms with Crippen molar-refractivity contribution in [3.05, 3.63) is 28.9 Å². The van der Waals surface area contributed by atoms with E-state index in [-0.39, 0.29) is 10.8 Å². The van der Waals surface area contributed by atoms with E-state index in [1.54, 1.807) is 29.6 Å². The number of ether oxygens (including phenoxy) is 1. The molecule has 0 spiro atoms. The molecule has 7 heteroatoms. The smallest absolute Gasteiger partial charge is 0.237 e. The van der Waals surface area contributed by atoms with Gasteiger partial charge in [0.25, 0.3) is 0 Å². The lowest BCUT2D eigenvalue weighted by Gasteiger charge is -2.33. The third-order valence-electron chi connectivity index (χ3n) is 3.54. The Hall–Kier alpha value is -1.08. The summed E-state index contributed by atoms with van der Waals surface area (Å²) in [5, 5.41) is 0.599. The van der Waals surface area contributed by atoms with Gasteiger partial charge in [0, 0.05) is 23.4 Å². The van der Waals surface area contributed by atoms with Crippen LogP contribution in [0.2, 0.25) is 5.02 Å². The van der Waals surface area contributed by atoms with Crippen molar-refractivity contribution in [1.29, 1.82) is 0 Å². The molecule has 23 heavy (non-hydrogen) atoms. The van der Waals surface area contributed by atoms with Gasteiger partial charge in [-0.15, -0.1) is 4.31 Å². The molecule has 0 amide bonds. The zero-order valence-corrected chi connectivity index (χ0v) is 15.8. The van der Waals surface area contributed by atoms with Crippen molar-refractivity contribution in [2.75, 3.05) is 14.2 Å². The molecule has 1 aromatic heterocycles. The summed E-state index contributed by atoms with van der Waals surface area (Å²) in [7, 11) is 3.37. The summed E-state index contributed by atoms with van der Waals surface area (Å²) < 4.78 is 19.4. The van der Waals surface area contributed by atoms with Crippen LogP contribution in [-0.2, 0) is 11.4 Å². The fraction of sp³-hybridized carbons (Fsp3) is 0.500. The van der Waals surface area contributed by atoms with Crippen molar-refractivity contribution >= 4 is 34.0 Å². The second-order valence-corrected chi connectivity index (χ2v) is 9.07. The fourth-order valence-corrected chi connectivity index (χ4v) is 3.61. The number of nitrogens with zero attached hydrogens (tertiary/aromatic N) is 3. The van der Waals surface area contributed by atoms with Gasteiger partial charge in [-0.1, -0.05) is 11.6 Å². The van der Waals surface area contributed by atoms with Gasteiger partial charge < -0.3 is 9.29 Å². The first-order valence-electron chi connectivity index (χ1n) is 7.31. The van der Waals surface area contributed by atoms with Gasteiger partial charge in [-0.3, -0.25) is 0 Å². The van der Waals surface area contributed by atoms with Crippen molar-refractivity contribution in [2.45, 2.75) is 38.5 Å². The van der Waals surface area contributed by atoms with Gasteiger partial charge >= 0.3 is 0 Å². The summed E-state index contributed by atoms with van der Waals surface area (Å²) >= 11 is 4.86. The number of hydrogen-bond acceptors (Lipinski definition) is 5. The Morgan fingerprint density at radius 2 is 1.91 bits per heavy atom. The molecule has 0 unspecified atom stereocenters. The Kier molecular flexibility index (Phi) is 5.41. The summed E-state index contributed by atoms with van der Waals surface area (Å²) in [5.41, 5.74) is 2.04. The summed E-state index contributed by atoms with van der Waals surface area (Å²) in [4.78, 5) is 9.14. The van der Waals surface area contributed by atoms with Crippen LogP contribution in [0.3, 0.4) is 0 Å². The minimum absolute atomic E-state index is 0.221. The van der Waals surface area contributed by atoms with Crippen LogP contribution in [0.5, 0.6) is 5.88 Å². The summed E-state index contributed by atoms with van der Waals surface area (Å²) in [5.74, 6) is 0.435. The highest BCUT2D eigenvalue weighted by Crippen LogP contribution is 2.32. The number of methoxy groups -OCH3 is 1. The first kappa shape index (κ1) is 18.3. The molecule has 0 bridgehead atoms. The van der Waals surface area contributed by atoms with Crippen LogP contribution in [0, 0.1) is 0 Å². The molecule has 2 aromatic rings. The number of halogens is 1. The van der Waals surface area contributed by atoms with Crippen molar-refractivity contribution in [1.82, 2.24) is 14.3 Å². The lowest BCUT2D eigenvalue weighted by molar-refractivity contribution is 0.345. The SMILES string of the molecule is COc1nc2ccc(Cl)cc2nc1[C@@H](C)N(C)[S@+]([O-])C(C)(C)C. The standard InChI is InChI=1S/C16H22ClN3O2S/c1-10(20(5)23(21)16(2,3)4)14-15(22-6)19-12-8-7-11(17)9-13(12)18-14/h7-10H,1-6H3/t10-,23-/m1/s1. The minimum atomic E-state index is -1.18. The van der Waals surface area contributed by atoms with Crippen molar-refractivity contribution in [2.24, 2.45) is 0 Å². The van der Waals surface area contributed by atoms with Crippen LogP contribution in [-0.4, -0.2) is 37.7 Å². The summed E-state index contributed by atoms with van der Waals surface area (Å²) in [6, 6.07) is 5.11. The third kappa shape index (κ3) is 3.88. The maximum atomic E-state index is 12.6. The number of benzene rings is 1. The highest BCUT2D eigenvalue weighted by atomic mass is 35.5. The average molecular weight is 356 g/mol. The van der Waals surface area contributed by atoms with Gasteiger partial charge in [0.05, 0.1) is 24.2 Å². The quantitative estimate of drug-likeness (QED) is 0.782. The van der Waals surface area contributed by atoms with Crippen LogP contribution in [0.15, 0.2) is 18.2 Å². The van der Waals surface area contributed by atoms with Gasteiger partial charge in [-0.05, 0) is 45.9 Å². The molecule has 5 nitrogen and oxygen atoms in total. The van der Waals surface area contributed by atoms with Crippen LogP contribution in [0.1, 0.15) is 39.4 Å². The first-order valence-corrected chi connectivity index (χ1v) is 8.79. The average Bonchev–Trinajstić information content (AvgIpc) is 2.50. The van der Waals surface area contributed by atoms with Crippen molar-refractivity contribution in [3.8, 4) is 5.88 Å². The molecule has 0 fully saturated rings. The Labute approximate surface area is 145 Å². The van der Waals surface area contributed by atoms with E-state index >= 15 is 0 Å². The molecule has 0 N–H and O–H groups in total. The van der Waals surface area contributed by atoms with E-state index in [0.29, 0.717) is 27.6 Å². The van der Waals surface area contributed by atoms with E-state index in [4.69, 9.17) is 16.3 Å². The predicted octanol–water partition coefficient (Wildman–Crippen LogP) is 3.75. The van der Waals surface area contributed by atoms with Crippen LogP contribution in [0.25, 0.3) is 11.0 Å². The second kappa shape index (κ2) is 6.81. The largest absolute Gasteiger partial charge is 0.597 e. The van der Waals surface area contributed by atoms with E-state index in [1.165, 1.54) is 0 Å². The molecule has 0 aliphatic carbocycles. The molecule has 126 valence electrons. The third-order valence-corrected chi connectivity index (χ3v) is 5.66. The maximum Gasteiger partial charge on any atom is 0.237 e. The summed E-state index contributed by atoms with van der Waals surface area (Å²) in [6.07, 6.45) is 0.